The van der Waals surface area contributed by atoms with E-state index in [1.54, 1.807) is 18.0 Å². The molecule has 0 N–H and O–H groups in total. The van der Waals surface area contributed by atoms with Crippen LogP contribution in [0.25, 0.3) is 0 Å². The molecule has 0 unspecified atom stereocenters. The Morgan fingerprint density at radius 1 is 1.11 bits per heavy atom. The maximum atomic E-state index is 12.7. The Kier molecular flexibility index (Phi) is 7.00. The highest BCUT2D eigenvalue weighted by molar-refractivity contribution is 6.34. The van der Waals surface area contributed by atoms with Crippen molar-refractivity contribution in [3.05, 3.63) is 69.7 Å². The van der Waals surface area contributed by atoms with Crippen molar-refractivity contribution in [2.45, 2.75) is 25.5 Å². The van der Waals surface area contributed by atoms with Gasteiger partial charge in [0, 0.05) is 23.6 Å². The Bertz CT molecular complexity index is 744. The molecule has 2 aromatic carbocycles. The van der Waals surface area contributed by atoms with Gasteiger partial charge in [-0.25, -0.2) is 4.79 Å². The molecule has 1 aliphatic heterocycles. The second-order valence-electron chi connectivity index (χ2n) is 6.88. The molecular weight excluding hydrogens is 383 g/mol. The summed E-state index contributed by atoms with van der Waals surface area (Å²) in [5.74, 6) is 0. The quantitative estimate of drug-likeness (QED) is 0.643. The van der Waals surface area contributed by atoms with E-state index >= 15 is 0 Å². The third-order valence-corrected chi connectivity index (χ3v) is 5.30. The van der Waals surface area contributed by atoms with Crippen molar-refractivity contribution in [3.63, 3.8) is 0 Å². The first-order valence-corrected chi connectivity index (χ1v) is 9.90. The minimum atomic E-state index is -0.362. The van der Waals surface area contributed by atoms with Crippen LogP contribution in [0.1, 0.15) is 30.0 Å². The zero-order valence-corrected chi connectivity index (χ0v) is 16.9. The van der Waals surface area contributed by atoms with Crippen molar-refractivity contribution in [2.75, 3.05) is 26.7 Å². The van der Waals surface area contributed by atoms with Gasteiger partial charge in [-0.15, -0.1) is 0 Å². The first-order valence-electron chi connectivity index (χ1n) is 9.15. The molecule has 1 heterocycles. The Hall–Kier alpha value is -1.75. The number of likely N-dealkylation sites (N-methyl/N-ethyl adjacent to an activating group) is 1. The third-order valence-electron chi connectivity index (χ3n) is 4.86. The second-order valence-corrected chi connectivity index (χ2v) is 7.75. The molecule has 0 aromatic heterocycles. The summed E-state index contributed by atoms with van der Waals surface area (Å²) in [5, 5.41) is 1.13. The maximum absolute atomic E-state index is 12.7. The molecule has 2 aromatic rings. The van der Waals surface area contributed by atoms with Crippen LogP contribution in [-0.4, -0.2) is 42.6 Å². The van der Waals surface area contributed by atoms with Gasteiger partial charge in [-0.1, -0.05) is 53.5 Å². The molecule has 144 valence electrons. The average Bonchev–Trinajstić information content (AvgIpc) is 3.17. The molecule has 0 radical (unpaired) electrons. The normalized spacial score (nSPS) is 15.5. The van der Waals surface area contributed by atoms with E-state index in [1.165, 1.54) is 12.8 Å². The van der Waals surface area contributed by atoms with E-state index in [2.05, 4.69) is 4.90 Å². The highest BCUT2D eigenvalue weighted by Gasteiger charge is 2.27. The van der Waals surface area contributed by atoms with E-state index in [0.29, 0.717) is 10.0 Å². The lowest BCUT2D eigenvalue weighted by molar-refractivity contribution is 0.0834. The van der Waals surface area contributed by atoms with Crippen LogP contribution in [0.5, 0.6) is 0 Å². The molecule has 1 aliphatic rings. The molecule has 0 spiro atoms. The summed E-state index contributed by atoms with van der Waals surface area (Å²) in [6.07, 6.45) is 2.01. The summed E-state index contributed by atoms with van der Waals surface area (Å²) in [6, 6.07) is 14.9. The summed E-state index contributed by atoms with van der Waals surface area (Å²) in [6.45, 7) is 3.06. The third kappa shape index (κ3) is 5.61. The number of nitrogens with zero attached hydrogens (tertiary/aromatic N) is 2. The van der Waals surface area contributed by atoms with E-state index in [9.17, 15) is 4.79 Å². The van der Waals surface area contributed by atoms with Crippen LogP contribution in [0.2, 0.25) is 10.0 Å². The van der Waals surface area contributed by atoms with Crippen LogP contribution >= 0.6 is 23.2 Å². The van der Waals surface area contributed by atoms with E-state index in [-0.39, 0.29) is 18.7 Å². The van der Waals surface area contributed by atoms with Crippen molar-refractivity contribution < 1.29 is 9.53 Å². The molecule has 1 atom stereocenters. The molecule has 3 rings (SSSR count). The monoisotopic (exact) mass is 406 g/mol. The van der Waals surface area contributed by atoms with Crippen molar-refractivity contribution >= 4 is 29.3 Å². The standard InChI is InChI=1S/C21H24Cl2N2O2/c1-24(21(26)27-15-16-7-3-2-4-8-16)20(14-25-9-5-6-10-25)17-11-18(22)13-19(23)12-17/h2-4,7-8,11-13,20H,5-6,9-10,14-15H2,1H3/t20-/m0/s1. The molecule has 0 aliphatic carbocycles. The van der Waals surface area contributed by atoms with Gasteiger partial charge in [0.1, 0.15) is 6.61 Å². The molecular formula is C21H24Cl2N2O2. The van der Waals surface area contributed by atoms with Crippen molar-refractivity contribution in [1.29, 1.82) is 0 Å². The second kappa shape index (κ2) is 9.45. The fraction of sp³-hybridized carbons (Fsp3) is 0.381. The molecule has 1 saturated heterocycles. The van der Waals surface area contributed by atoms with Gasteiger partial charge >= 0.3 is 6.09 Å². The average molecular weight is 407 g/mol. The zero-order valence-electron chi connectivity index (χ0n) is 15.4. The number of rotatable bonds is 6. The lowest BCUT2D eigenvalue weighted by Gasteiger charge is -2.31. The summed E-state index contributed by atoms with van der Waals surface area (Å²) in [5.41, 5.74) is 1.87. The minimum absolute atomic E-state index is 0.178. The van der Waals surface area contributed by atoms with Crippen molar-refractivity contribution in [3.8, 4) is 0 Å². The number of hydrogen-bond donors (Lipinski definition) is 0. The molecule has 0 saturated carbocycles. The fourth-order valence-electron chi connectivity index (χ4n) is 3.38. The van der Waals surface area contributed by atoms with Gasteiger partial charge in [0.25, 0.3) is 0 Å². The van der Waals surface area contributed by atoms with Crippen molar-refractivity contribution in [2.24, 2.45) is 0 Å². The molecule has 4 nitrogen and oxygen atoms in total. The Labute approximate surface area is 170 Å². The topological polar surface area (TPSA) is 32.8 Å². The van der Waals surface area contributed by atoms with Gasteiger partial charge in [0.05, 0.1) is 6.04 Å². The molecule has 6 heteroatoms. The maximum Gasteiger partial charge on any atom is 0.410 e. The van der Waals surface area contributed by atoms with Crippen molar-refractivity contribution in [1.82, 2.24) is 9.80 Å². The van der Waals surface area contributed by atoms with Gasteiger partial charge < -0.3 is 14.5 Å². The largest absolute Gasteiger partial charge is 0.445 e. The van der Waals surface area contributed by atoms with Gasteiger partial charge in [-0.2, -0.15) is 0 Å². The predicted octanol–water partition coefficient (Wildman–Crippen LogP) is 5.40. The number of likely N-dealkylation sites (tertiary alicyclic amines) is 1. The number of carbonyl (C=O) groups is 1. The number of benzene rings is 2. The van der Waals surface area contributed by atoms with Crippen LogP contribution in [0, 0.1) is 0 Å². The summed E-state index contributed by atoms with van der Waals surface area (Å²) in [4.78, 5) is 16.7. The lowest BCUT2D eigenvalue weighted by atomic mass is 10.1. The zero-order chi connectivity index (χ0) is 19.2. The van der Waals surface area contributed by atoms with Gasteiger partial charge in [-0.3, -0.25) is 0 Å². The van der Waals surface area contributed by atoms with Crippen LogP contribution in [-0.2, 0) is 11.3 Å². The van der Waals surface area contributed by atoms with Crippen LogP contribution in [0.3, 0.4) is 0 Å². The van der Waals surface area contributed by atoms with E-state index in [1.807, 2.05) is 42.5 Å². The van der Waals surface area contributed by atoms with E-state index in [4.69, 9.17) is 27.9 Å². The summed E-state index contributed by atoms with van der Waals surface area (Å²) < 4.78 is 5.52. The summed E-state index contributed by atoms with van der Waals surface area (Å²) >= 11 is 12.4. The van der Waals surface area contributed by atoms with Gasteiger partial charge in [0.2, 0.25) is 0 Å². The molecule has 1 fully saturated rings. The fourth-order valence-corrected chi connectivity index (χ4v) is 3.92. The number of amides is 1. The highest BCUT2D eigenvalue weighted by Crippen LogP contribution is 2.29. The smallest absolute Gasteiger partial charge is 0.410 e. The Morgan fingerprint density at radius 3 is 2.37 bits per heavy atom. The van der Waals surface area contributed by atoms with E-state index in [0.717, 1.165) is 30.8 Å². The minimum Gasteiger partial charge on any atom is -0.445 e. The van der Waals surface area contributed by atoms with Crippen LogP contribution < -0.4 is 0 Å². The first-order chi connectivity index (χ1) is 13.0. The predicted molar refractivity (Wildman–Crippen MR) is 109 cm³/mol. The Morgan fingerprint density at radius 2 is 1.74 bits per heavy atom. The Balaban J connectivity index is 1.74. The van der Waals surface area contributed by atoms with E-state index < -0.39 is 0 Å². The molecule has 27 heavy (non-hydrogen) atoms. The SMILES string of the molecule is CN(C(=O)OCc1ccccc1)[C@@H](CN1CCCC1)c1cc(Cl)cc(Cl)c1. The van der Waals surface area contributed by atoms with Crippen LogP contribution in [0.15, 0.2) is 48.5 Å². The molecule has 1 amide bonds. The van der Waals surface area contributed by atoms with Gasteiger partial charge in [-0.05, 0) is 55.3 Å². The van der Waals surface area contributed by atoms with Gasteiger partial charge in [0.15, 0.2) is 0 Å². The number of ether oxygens (including phenoxy) is 1. The number of hydrogen-bond acceptors (Lipinski definition) is 3. The lowest BCUT2D eigenvalue weighted by Crippen LogP contribution is -2.38. The first kappa shape index (κ1) is 20.0. The molecule has 0 bridgehead atoms. The van der Waals surface area contributed by atoms with Crippen LogP contribution in [0.4, 0.5) is 4.79 Å². The number of halogens is 2. The number of carbonyl (C=O) groups excluding carboxylic acids is 1. The highest BCUT2D eigenvalue weighted by atomic mass is 35.5. The summed E-state index contributed by atoms with van der Waals surface area (Å²) in [7, 11) is 1.77.